The number of anilines is 1. The molecule has 2 nitrogen and oxygen atoms in total. The fourth-order valence-electron chi connectivity index (χ4n) is 3.02. The molecule has 1 unspecified atom stereocenters. The van der Waals surface area contributed by atoms with Crippen molar-refractivity contribution in [1.82, 2.24) is 4.57 Å². The first-order chi connectivity index (χ1) is 9.81. The highest BCUT2D eigenvalue weighted by atomic mass is 32.2. The van der Waals surface area contributed by atoms with Crippen LogP contribution in [0.2, 0.25) is 0 Å². The Hall–Kier alpha value is -1.87. The van der Waals surface area contributed by atoms with Gasteiger partial charge in [0.2, 0.25) is 0 Å². The quantitative estimate of drug-likeness (QED) is 0.721. The van der Waals surface area contributed by atoms with Crippen molar-refractivity contribution in [2.24, 2.45) is 0 Å². The van der Waals surface area contributed by atoms with Crippen molar-refractivity contribution < 1.29 is 0 Å². The zero-order valence-corrected chi connectivity index (χ0v) is 11.9. The molecule has 2 heterocycles. The third-order valence-corrected chi connectivity index (χ3v) is 5.24. The zero-order chi connectivity index (χ0) is 13.5. The summed E-state index contributed by atoms with van der Waals surface area (Å²) in [5.74, 6) is 0. The van der Waals surface area contributed by atoms with E-state index in [2.05, 4.69) is 47.2 Å². The first-order valence-corrected chi connectivity index (χ1v) is 7.77. The predicted molar refractivity (Wildman–Crippen MR) is 86.1 cm³/mol. The van der Waals surface area contributed by atoms with E-state index in [0.29, 0.717) is 5.25 Å². The summed E-state index contributed by atoms with van der Waals surface area (Å²) >= 11 is 1.99. The van der Waals surface area contributed by atoms with Crippen molar-refractivity contribution in [2.45, 2.75) is 23.1 Å². The number of thioether (sulfide) groups is 1. The molecule has 1 atom stereocenters. The smallest absolute Gasteiger partial charge is 0.0714 e. The number of fused-ring (bicyclic) bond motifs is 2. The van der Waals surface area contributed by atoms with Gasteiger partial charge in [-0.1, -0.05) is 30.3 Å². The largest absolute Gasteiger partial charge is 0.397 e. The van der Waals surface area contributed by atoms with E-state index in [0.717, 1.165) is 18.7 Å². The average Bonchev–Trinajstić information content (AvgIpc) is 3.03. The number of para-hydroxylation sites is 1. The molecule has 1 aliphatic rings. The molecule has 0 spiro atoms. The average molecular weight is 280 g/mol. The van der Waals surface area contributed by atoms with Crippen LogP contribution in [0.3, 0.4) is 0 Å². The van der Waals surface area contributed by atoms with Crippen molar-refractivity contribution in [2.75, 3.05) is 5.73 Å². The topological polar surface area (TPSA) is 30.9 Å². The number of nitrogens with two attached hydrogens (primary N) is 1. The lowest BCUT2D eigenvalue weighted by atomic mass is 10.1. The molecule has 20 heavy (non-hydrogen) atoms. The molecule has 2 N–H and O–H groups in total. The second-order valence-electron chi connectivity index (χ2n) is 5.30. The van der Waals surface area contributed by atoms with E-state index in [1.807, 2.05) is 23.9 Å². The lowest BCUT2D eigenvalue weighted by molar-refractivity contribution is 0.686. The van der Waals surface area contributed by atoms with Crippen molar-refractivity contribution >= 4 is 28.4 Å². The lowest BCUT2D eigenvalue weighted by Crippen LogP contribution is -2.11. The molecule has 0 fully saturated rings. The van der Waals surface area contributed by atoms with Crippen molar-refractivity contribution in [3.05, 3.63) is 60.3 Å². The molecule has 0 radical (unpaired) electrons. The Morgan fingerprint density at radius 3 is 2.90 bits per heavy atom. The highest BCUT2D eigenvalue weighted by Crippen LogP contribution is 2.38. The predicted octanol–water partition coefficient (Wildman–Crippen LogP) is 3.94. The Morgan fingerprint density at radius 2 is 2.00 bits per heavy atom. The Bertz CT molecular complexity index is 751. The van der Waals surface area contributed by atoms with Gasteiger partial charge in [-0.25, -0.2) is 0 Å². The van der Waals surface area contributed by atoms with Crippen molar-refractivity contribution in [3.63, 3.8) is 0 Å². The molecule has 0 aliphatic carbocycles. The third-order valence-electron chi connectivity index (χ3n) is 3.93. The van der Waals surface area contributed by atoms with Gasteiger partial charge >= 0.3 is 0 Å². The van der Waals surface area contributed by atoms with Gasteiger partial charge < -0.3 is 10.3 Å². The van der Waals surface area contributed by atoms with Crippen molar-refractivity contribution in [3.8, 4) is 0 Å². The normalized spacial score (nSPS) is 17.5. The number of benzene rings is 2. The fourth-order valence-corrected chi connectivity index (χ4v) is 4.34. The zero-order valence-electron chi connectivity index (χ0n) is 11.1. The number of nitrogens with zero attached hydrogens (tertiary/aromatic N) is 1. The molecule has 2 aromatic carbocycles. The molecule has 0 amide bonds. The van der Waals surface area contributed by atoms with Crippen LogP contribution < -0.4 is 5.73 Å². The maximum Gasteiger partial charge on any atom is 0.0714 e. The molecule has 1 aromatic heterocycles. The minimum absolute atomic E-state index is 0.600. The maximum atomic E-state index is 6.13. The van der Waals surface area contributed by atoms with Crippen LogP contribution in [0.5, 0.6) is 0 Å². The van der Waals surface area contributed by atoms with Gasteiger partial charge in [0.1, 0.15) is 0 Å². The summed E-state index contributed by atoms with van der Waals surface area (Å²) in [5, 5.41) is 1.83. The summed E-state index contributed by atoms with van der Waals surface area (Å²) in [4.78, 5) is 1.43. The van der Waals surface area contributed by atoms with Crippen LogP contribution in [-0.4, -0.2) is 9.82 Å². The van der Waals surface area contributed by atoms with Gasteiger partial charge in [0.25, 0.3) is 0 Å². The van der Waals surface area contributed by atoms with Crippen LogP contribution in [0.4, 0.5) is 5.69 Å². The van der Waals surface area contributed by atoms with E-state index in [4.69, 9.17) is 5.73 Å². The minimum atomic E-state index is 0.600. The second-order valence-corrected chi connectivity index (χ2v) is 6.65. The van der Waals surface area contributed by atoms with E-state index in [-0.39, 0.29) is 0 Å². The monoisotopic (exact) mass is 280 g/mol. The second kappa shape index (κ2) is 4.60. The van der Waals surface area contributed by atoms with Crippen LogP contribution in [0, 0.1) is 0 Å². The number of hydrogen-bond donors (Lipinski definition) is 1. The number of nitrogen functional groups attached to an aromatic ring is 1. The van der Waals surface area contributed by atoms with Crippen molar-refractivity contribution in [1.29, 1.82) is 0 Å². The Morgan fingerprint density at radius 1 is 1.10 bits per heavy atom. The summed E-state index contributed by atoms with van der Waals surface area (Å²) < 4.78 is 2.30. The Labute approximate surface area is 122 Å². The standard InChI is InChI=1S/C17H16N2S/c18-15-6-3-5-12-8-9-19(17(12)15)11-14-10-13-4-1-2-7-16(13)20-14/h1-9,14H,10-11,18H2. The van der Waals surface area contributed by atoms with Gasteiger partial charge in [-0.2, -0.15) is 0 Å². The fraction of sp³-hybridized carbons (Fsp3) is 0.176. The SMILES string of the molecule is Nc1cccc2ccn(CC3Cc4ccccc4S3)c12. The molecule has 4 rings (SSSR count). The summed E-state index contributed by atoms with van der Waals surface area (Å²) in [6, 6.07) is 17.0. The van der Waals surface area contributed by atoms with Gasteiger partial charge in [-0.05, 0) is 30.2 Å². The summed E-state index contributed by atoms with van der Waals surface area (Å²) in [6.45, 7) is 1.01. The number of aromatic nitrogens is 1. The molecule has 1 aliphatic heterocycles. The lowest BCUT2D eigenvalue weighted by Gasteiger charge is -2.12. The molecule has 0 saturated carbocycles. The highest BCUT2D eigenvalue weighted by Gasteiger charge is 2.22. The van der Waals surface area contributed by atoms with Crippen LogP contribution in [0.25, 0.3) is 10.9 Å². The third kappa shape index (κ3) is 1.90. The van der Waals surface area contributed by atoms with Crippen LogP contribution in [0.15, 0.2) is 59.6 Å². The Kier molecular flexibility index (Phi) is 2.74. The first-order valence-electron chi connectivity index (χ1n) is 6.89. The Balaban J connectivity index is 1.64. The molecular formula is C17H16N2S. The molecule has 3 aromatic rings. The minimum Gasteiger partial charge on any atom is -0.397 e. The summed E-state index contributed by atoms with van der Waals surface area (Å²) in [5.41, 5.74) is 9.65. The summed E-state index contributed by atoms with van der Waals surface area (Å²) in [6.07, 6.45) is 3.30. The van der Waals surface area contributed by atoms with Crippen LogP contribution in [0.1, 0.15) is 5.56 Å². The van der Waals surface area contributed by atoms with Crippen LogP contribution >= 0.6 is 11.8 Å². The molecule has 100 valence electrons. The van der Waals surface area contributed by atoms with E-state index >= 15 is 0 Å². The molecule has 3 heteroatoms. The molecule has 0 saturated heterocycles. The molecular weight excluding hydrogens is 264 g/mol. The number of rotatable bonds is 2. The highest BCUT2D eigenvalue weighted by molar-refractivity contribution is 8.00. The summed E-state index contributed by atoms with van der Waals surface area (Å²) in [7, 11) is 0. The van der Waals surface area contributed by atoms with E-state index in [1.165, 1.54) is 21.4 Å². The van der Waals surface area contributed by atoms with Gasteiger partial charge in [-0.3, -0.25) is 0 Å². The molecule has 0 bridgehead atoms. The van der Waals surface area contributed by atoms with E-state index in [9.17, 15) is 0 Å². The van der Waals surface area contributed by atoms with Gasteiger partial charge in [-0.15, -0.1) is 11.8 Å². The first kappa shape index (κ1) is 11.9. The van der Waals surface area contributed by atoms with Gasteiger partial charge in [0, 0.05) is 28.3 Å². The number of hydrogen-bond acceptors (Lipinski definition) is 2. The van der Waals surface area contributed by atoms with E-state index < -0.39 is 0 Å². The van der Waals surface area contributed by atoms with Gasteiger partial charge in [0.05, 0.1) is 11.2 Å². The maximum absolute atomic E-state index is 6.13. The van der Waals surface area contributed by atoms with Gasteiger partial charge in [0.15, 0.2) is 0 Å². The van der Waals surface area contributed by atoms with Crippen LogP contribution in [-0.2, 0) is 13.0 Å². The van der Waals surface area contributed by atoms with E-state index in [1.54, 1.807) is 0 Å².